The van der Waals surface area contributed by atoms with Crippen LogP contribution in [-0.4, -0.2) is 28.6 Å². The van der Waals surface area contributed by atoms with Crippen molar-refractivity contribution in [1.82, 2.24) is 4.90 Å². The maximum Gasteiger partial charge on any atom is 0.225 e. The highest BCUT2D eigenvalue weighted by molar-refractivity contribution is 9.11. The second kappa shape index (κ2) is 6.37. The summed E-state index contributed by atoms with van der Waals surface area (Å²) in [6, 6.07) is 4.01. The van der Waals surface area contributed by atoms with Gasteiger partial charge in [0.15, 0.2) is 0 Å². The van der Waals surface area contributed by atoms with E-state index in [1.807, 2.05) is 19.2 Å². The van der Waals surface area contributed by atoms with Gasteiger partial charge in [0.1, 0.15) is 0 Å². The number of rotatable bonds is 4. The molecule has 0 spiro atoms. The number of hydrogen-bond donors (Lipinski definition) is 1. The van der Waals surface area contributed by atoms with E-state index >= 15 is 0 Å². The zero-order valence-corrected chi connectivity index (χ0v) is 13.6. The molecule has 1 saturated carbocycles. The first-order chi connectivity index (χ1) is 8.98. The molecular formula is C14H20BrNO2S. The Hall–Kier alpha value is -0.390. The van der Waals surface area contributed by atoms with Gasteiger partial charge in [0, 0.05) is 11.9 Å². The summed E-state index contributed by atoms with van der Waals surface area (Å²) in [6.07, 6.45) is 5.02. The van der Waals surface area contributed by atoms with Crippen molar-refractivity contribution in [2.75, 3.05) is 7.05 Å². The van der Waals surface area contributed by atoms with Crippen LogP contribution in [0.2, 0.25) is 0 Å². The van der Waals surface area contributed by atoms with Crippen molar-refractivity contribution >= 4 is 33.2 Å². The van der Waals surface area contributed by atoms with E-state index in [1.54, 1.807) is 16.2 Å². The van der Waals surface area contributed by atoms with E-state index in [-0.39, 0.29) is 12.3 Å². The molecule has 0 aliphatic heterocycles. The third-order valence-electron chi connectivity index (χ3n) is 3.71. The van der Waals surface area contributed by atoms with Gasteiger partial charge < -0.3 is 10.0 Å². The quantitative estimate of drug-likeness (QED) is 0.906. The minimum Gasteiger partial charge on any atom is -0.389 e. The maximum absolute atomic E-state index is 12.2. The minimum atomic E-state index is -0.764. The van der Waals surface area contributed by atoms with Gasteiger partial charge in [-0.3, -0.25) is 4.79 Å². The Bertz CT molecular complexity index is 440. The molecule has 0 aromatic carbocycles. The standard InChI is InChI=1S/C14H20BrNO2S/c1-16(10-11-5-6-12(15)19-11)13(17)9-14(18)7-3-2-4-8-14/h5-6,18H,2-4,7-10H2,1H3. The van der Waals surface area contributed by atoms with E-state index in [2.05, 4.69) is 15.9 Å². The zero-order chi connectivity index (χ0) is 13.9. The van der Waals surface area contributed by atoms with Gasteiger partial charge in [-0.05, 0) is 40.9 Å². The third kappa shape index (κ3) is 4.29. The fourth-order valence-electron chi connectivity index (χ4n) is 2.56. The van der Waals surface area contributed by atoms with Gasteiger partial charge in [0.05, 0.1) is 22.4 Å². The van der Waals surface area contributed by atoms with Crippen LogP contribution >= 0.6 is 27.3 Å². The van der Waals surface area contributed by atoms with Crippen molar-refractivity contribution in [3.8, 4) is 0 Å². The molecule has 1 aromatic heterocycles. The van der Waals surface area contributed by atoms with E-state index in [0.717, 1.165) is 34.3 Å². The van der Waals surface area contributed by atoms with E-state index in [9.17, 15) is 9.90 Å². The average Bonchev–Trinajstić information content (AvgIpc) is 2.75. The van der Waals surface area contributed by atoms with Crippen LogP contribution < -0.4 is 0 Å². The van der Waals surface area contributed by atoms with Crippen molar-refractivity contribution < 1.29 is 9.90 Å². The Morgan fingerprint density at radius 3 is 2.68 bits per heavy atom. The molecule has 1 aromatic rings. The Kier molecular flexibility index (Phi) is 5.03. The predicted octanol–water partition coefficient (Wildman–Crippen LogP) is 3.55. The Morgan fingerprint density at radius 2 is 2.11 bits per heavy atom. The topological polar surface area (TPSA) is 40.5 Å². The van der Waals surface area contributed by atoms with Crippen LogP contribution in [0, 0.1) is 0 Å². The molecule has 0 atom stereocenters. The van der Waals surface area contributed by atoms with Crippen LogP contribution in [0.5, 0.6) is 0 Å². The van der Waals surface area contributed by atoms with Gasteiger partial charge in [0.25, 0.3) is 0 Å². The number of carbonyl (C=O) groups is 1. The molecule has 1 amide bonds. The van der Waals surface area contributed by atoms with Crippen LogP contribution in [-0.2, 0) is 11.3 Å². The van der Waals surface area contributed by atoms with Crippen molar-refractivity contribution in [2.45, 2.75) is 50.7 Å². The summed E-state index contributed by atoms with van der Waals surface area (Å²) < 4.78 is 1.08. The molecule has 2 rings (SSSR count). The van der Waals surface area contributed by atoms with E-state index in [4.69, 9.17) is 0 Å². The SMILES string of the molecule is CN(Cc1ccc(Br)s1)C(=O)CC1(O)CCCCC1. The second-order valence-electron chi connectivity index (χ2n) is 5.42. The Labute approximate surface area is 126 Å². The van der Waals surface area contributed by atoms with E-state index < -0.39 is 5.60 Å². The summed E-state index contributed by atoms with van der Waals surface area (Å²) in [4.78, 5) is 15.1. The van der Waals surface area contributed by atoms with Gasteiger partial charge in [-0.25, -0.2) is 0 Å². The fraction of sp³-hybridized carbons (Fsp3) is 0.643. The van der Waals surface area contributed by atoms with Gasteiger partial charge >= 0.3 is 0 Å². The number of hydrogen-bond acceptors (Lipinski definition) is 3. The molecule has 0 saturated heterocycles. The lowest BCUT2D eigenvalue weighted by atomic mass is 9.82. The molecule has 106 valence electrons. The minimum absolute atomic E-state index is 0.0360. The van der Waals surface area contributed by atoms with Crippen LogP contribution in [0.1, 0.15) is 43.4 Å². The van der Waals surface area contributed by atoms with E-state index in [1.165, 1.54) is 6.42 Å². The largest absolute Gasteiger partial charge is 0.389 e. The zero-order valence-electron chi connectivity index (χ0n) is 11.2. The summed E-state index contributed by atoms with van der Waals surface area (Å²) in [5.41, 5.74) is -0.764. The second-order valence-corrected chi connectivity index (χ2v) is 7.96. The summed E-state index contributed by atoms with van der Waals surface area (Å²) in [7, 11) is 1.81. The number of halogens is 1. The number of thiophene rings is 1. The van der Waals surface area contributed by atoms with Gasteiger partial charge in [-0.15, -0.1) is 11.3 Å². The van der Waals surface area contributed by atoms with Gasteiger partial charge in [-0.1, -0.05) is 19.3 Å². The molecule has 1 fully saturated rings. The lowest BCUT2D eigenvalue weighted by Gasteiger charge is -2.32. The maximum atomic E-state index is 12.2. The molecule has 0 radical (unpaired) electrons. The van der Waals surface area contributed by atoms with Crippen molar-refractivity contribution in [3.05, 3.63) is 20.8 Å². The van der Waals surface area contributed by atoms with Crippen LogP contribution in [0.25, 0.3) is 0 Å². The number of carbonyl (C=O) groups excluding carboxylic acids is 1. The predicted molar refractivity (Wildman–Crippen MR) is 81.1 cm³/mol. The summed E-state index contributed by atoms with van der Waals surface area (Å²) in [5, 5.41) is 10.4. The fourth-order valence-corrected chi connectivity index (χ4v) is 4.10. The van der Waals surface area contributed by atoms with Crippen LogP contribution in [0.4, 0.5) is 0 Å². The molecule has 5 heteroatoms. The Morgan fingerprint density at radius 1 is 1.42 bits per heavy atom. The first-order valence-corrected chi connectivity index (χ1v) is 8.30. The van der Waals surface area contributed by atoms with Crippen molar-refractivity contribution in [1.29, 1.82) is 0 Å². The summed E-state index contributed by atoms with van der Waals surface area (Å²) in [6.45, 7) is 0.616. The first-order valence-electron chi connectivity index (χ1n) is 6.69. The molecule has 0 unspecified atom stereocenters. The molecule has 19 heavy (non-hydrogen) atoms. The highest BCUT2D eigenvalue weighted by atomic mass is 79.9. The molecular weight excluding hydrogens is 326 g/mol. The smallest absolute Gasteiger partial charge is 0.225 e. The lowest BCUT2D eigenvalue weighted by molar-refractivity contribution is -0.137. The monoisotopic (exact) mass is 345 g/mol. The van der Waals surface area contributed by atoms with Crippen molar-refractivity contribution in [2.24, 2.45) is 0 Å². The summed E-state index contributed by atoms with van der Waals surface area (Å²) in [5.74, 6) is 0.0360. The first kappa shape index (κ1) is 15.0. The molecule has 1 heterocycles. The molecule has 1 N–H and O–H groups in total. The van der Waals surface area contributed by atoms with Crippen LogP contribution in [0.15, 0.2) is 15.9 Å². The van der Waals surface area contributed by atoms with Gasteiger partial charge in [-0.2, -0.15) is 0 Å². The van der Waals surface area contributed by atoms with E-state index in [0.29, 0.717) is 6.54 Å². The molecule has 1 aliphatic carbocycles. The normalized spacial score (nSPS) is 18.3. The summed E-state index contributed by atoms with van der Waals surface area (Å²) >= 11 is 5.06. The molecule has 3 nitrogen and oxygen atoms in total. The number of nitrogens with zero attached hydrogens (tertiary/aromatic N) is 1. The molecule has 1 aliphatic rings. The number of aliphatic hydroxyl groups is 1. The molecule has 0 bridgehead atoms. The highest BCUT2D eigenvalue weighted by Crippen LogP contribution is 2.31. The highest BCUT2D eigenvalue weighted by Gasteiger charge is 2.32. The van der Waals surface area contributed by atoms with Gasteiger partial charge in [0.2, 0.25) is 5.91 Å². The lowest BCUT2D eigenvalue weighted by Crippen LogP contribution is -2.38. The third-order valence-corrected chi connectivity index (χ3v) is 5.32. The number of amides is 1. The van der Waals surface area contributed by atoms with Crippen molar-refractivity contribution in [3.63, 3.8) is 0 Å². The van der Waals surface area contributed by atoms with Crippen LogP contribution in [0.3, 0.4) is 0 Å². The average molecular weight is 346 g/mol. The Balaban J connectivity index is 1.88.